The number of rotatable bonds is 7. The molecule has 0 aromatic carbocycles. The maximum atomic E-state index is 11.7. The van der Waals surface area contributed by atoms with E-state index in [-0.39, 0.29) is 13.2 Å². The first kappa shape index (κ1) is 14.3. The normalized spacial score (nSPS) is 10.4. The van der Waals surface area contributed by atoms with E-state index in [1.165, 1.54) is 0 Å². The summed E-state index contributed by atoms with van der Waals surface area (Å²) in [5.41, 5.74) is 0. The Morgan fingerprint density at radius 3 is 2.00 bits per heavy atom. The van der Waals surface area contributed by atoms with Crippen LogP contribution in [0.25, 0.3) is 0 Å². The summed E-state index contributed by atoms with van der Waals surface area (Å²) in [6.07, 6.45) is 4.15. The standard InChI is InChI=1S/C13H19NO4/c1-3-17-12(15)11(13(16)18-4-2)7-10-14-8-5-6-9-14/h5-6,8-9,11H,3-4,7,10H2,1-2H3. The number of nitrogens with zero attached hydrogens (tertiary/aromatic N) is 1. The van der Waals surface area contributed by atoms with Crippen LogP contribution in [0.5, 0.6) is 0 Å². The number of hydrogen-bond acceptors (Lipinski definition) is 4. The van der Waals surface area contributed by atoms with Crippen LogP contribution in [0.2, 0.25) is 0 Å². The van der Waals surface area contributed by atoms with Crippen molar-refractivity contribution in [1.29, 1.82) is 0 Å². The minimum atomic E-state index is -0.840. The lowest BCUT2D eigenvalue weighted by Gasteiger charge is -2.14. The van der Waals surface area contributed by atoms with Gasteiger partial charge >= 0.3 is 11.9 Å². The smallest absolute Gasteiger partial charge is 0.320 e. The van der Waals surface area contributed by atoms with Crippen molar-refractivity contribution >= 4 is 11.9 Å². The van der Waals surface area contributed by atoms with Gasteiger partial charge in [0.1, 0.15) is 0 Å². The molecule has 0 radical (unpaired) electrons. The van der Waals surface area contributed by atoms with Crippen LogP contribution < -0.4 is 0 Å². The summed E-state index contributed by atoms with van der Waals surface area (Å²) in [6.45, 7) is 4.53. The average Bonchev–Trinajstić information content (AvgIpc) is 2.83. The van der Waals surface area contributed by atoms with Crippen molar-refractivity contribution in [2.24, 2.45) is 5.92 Å². The predicted octanol–water partition coefficient (Wildman–Crippen LogP) is 1.62. The van der Waals surface area contributed by atoms with E-state index in [9.17, 15) is 9.59 Å². The molecule has 1 rings (SSSR count). The number of esters is 2. The lowest BCUT2D eigenvalue weighted by Crippen LogP contribution is -2.29. The second-order valence-corrected chi connectivity index (χ2v) is 3.77. The molecule has 100 valence electrons. The summed E-state index contributed by atoms with van der Waals surface area (Å²) in [7, 11) is 0. The topological polar surface area (TPSA) is 57.5 Å². The highest BCUT2D eigenvalue weighted by atomic mass is 16.6. The molecular weight excluding hydrogens is 234 g/mol. The molecule has 5 nitrogen and oxygen atoms in total. The Bertz CT molecular complexity index is 354. The summed E-state index contributed by atoms with van der Waals surface area (Å²) < 4.78 is 11.7. The van der Waals surface area contributed by atoms with Gasteiger partial charge in [-0.1, -0.05) is 0 Å². The highest BCUT2D eigenvalue weighted by Crippen LogP contribution is 2.11. The van der Waals surface area contributed by atoms with Crippen molar-refractivity contribution in [3.8, 4) is 0 Å². The number of aryl methyl sites for hydroxylation is 1. The molecular formula is C13H19NO4. The molecule has 5 heteroatoms. The van der Waals surface area contributed by atoms with Crippen LogP contribution in [-0.2, 0) is 25.6 Å². The largest absolute Gasteiger partial charge is 0.465 e. The SMILES string of the molecule is CCOC(=O)C(CCn1cccc1)C(=O)OCC. The van der Waals surface area contributed by atoms with Gasteiger partial charge in [0.2, 0.25) is 0 Å². The second-order valence-electron chi connectivity index (χ2n) is 3.77. The molecule has 0 aliphatic carbocycles. The summed E-state index contributed by atoms with van der Waals surface area (Å²) in [5, 5.41) is 0. The van der Waals surface area contributed by atoms with Gasteiger partial charge in [0, 0.05) is 18.9 Å². The molecule has 0 bridgehead atoms. The minimum Gasteiger partial charge on any atom is -0.465 e. The molecule has 0 saturated heterocycles. The zero-order valence-corrected chi connectivity index (χ0v) is 10.8. The van der Waals surface area contributed by atoms with E-state index in [0.29, 0.717) is 13.0 Å². The first-order valence-electron chi connectivity index (χ1n) is 6.13. The zero-order valence-electron chi connectivity index (χ0n) is 10.8. The fourth-order valence-corrected chi connectivity index (χ4v) is 1.62. The molecule has 0 aliphatic rings. The summed E-state index contributed by atoms with van der Waals surface area (Å²) in [4.78, 5) is 23.4. The molecule has 0 spiro atoms. The lowest BCUT2D eigenvalue weighted by atomic mass is 10.1. The van der Waals surface area contributed by atoms with Crippen molar-refractivity contribution in [2.45, 2.75) is 26.8 Å². The summed E-state index contributed by atoms with van der Waals surface area (Å²) in [6, 6.07) is 3.79. The Hall–Kier alpha value is -1.78. The Morgan fingerprint density at radius 1 is 1.06 bits per heavy atom. The first-order chi connectivity index (χ1) is 8.69. The third-order valence-electron chi connectivity index (χ3n) is 2.48. The van der Waals surface area contributed by atoms with Gasteiger partial charge in [-0.3, -0.25) is 9.59 Å². The molecule has 0 N–H and O–H groups in total. The molecule has 1 aromatic heterocycles. The minimum absolute atomic E-state index is 0.262. The van der Waals surface area contributed by atoms with Gasteiger partial charge in [-0.05, 0) is 32.4 Å². The molecule has 0 atom stereocenters. The zero-order chi connectivity index (χ0) is 13.4. The lowest BCUT2D eigenvalue weighted by molar-refractivity contribution is -0.162. The van der Waals surface area contributed by atoms with E-state index in [1.54, 1.807) is 13.8 Å². The van der Waals surface area contributed by atoms with E-state index >= 15 is 0 Å². The molecule has 0 aliphatic heterocycles. The molecule has 1 heterocycles. The van der Waals surface area contributed by atoms with Gasteiger partial charge in [-0.15, -0.1) is 0 Å². The van der Waals surface area contributed by atoms with Crippen LogP contribution in [-0.4, -0.2) is 29.7 Å². The number of carbonyl (C=O) groups is 2. The van der Waals surface area contributed by atoms with Crippen molar-refractivity contribution in [3.05, 3.63) is 24.5 Å². The molecule has 1 aromatic rings. The predicted molar refractivity (Wildman–Crippen MR) is 65.8 cm³/mol. The second kappa shape index (κ2) is 7.53. The van der Waals surface area contributed by atoms with Gasteiger partial charge in [-0.2, -0.15) is 0 Å². The quantitative estimate of drug-likeness (QED) is 0.547. The molecule has 0 unspecified atom stereocenters. The monoisotopic (exact) mass is 253 g/mol. The highest BCUT2D eigenvalue weighted by molar-refractivity contribution is 5.94. The Morgan fingerprint density at radius 2 is 1.56 bits per heavy atom. The highest BCUT2D eigenvalue weighted by Gasteiger charge is 2.28. The van der Waals surface area contributed by atoms with Gasteiger partial charge in [-0.25, -0.2) is 0 Å². The molecule has 18 heavy (non-hydrogen) atoms. The van der Waals surface area contributed by atoms with E-state index in [1.807, 2.05) is 29.1 Å². The van der Waals surface area contributed by atoms with Crippen LogP contribution >= 0.6 is 0 Å². The Kier molecular flexibility index (Phi) is 5.97. The van der Waals surface area contributed by atoms with E-state index in [4.69, 9.17) is 9.47 Å². The molecule has 0 fully saturated rings. The number of aromatic nitrogens is 1. The van der Waals surface area contributed by atoms with E-state index in [2.05, 4.69) is 0 Å². The van der Waals surface area contributed by atoms with E-state index in [0.717, 1.165) is 0 Å². The van der Waals surface area contributed by atoms with Crippen LogP contribution in [0.3, 0.4) is 0 Å². The van der Waals surface area contributed by atoms with Gasteiger partial charge in [0.05, 0.1) is 13.2 Å². The maximum absolute atomic E-state index is 11.7. The number of hydrogen-bond donors (Lipinski definition) is 0. The van der Waals surface area contributed by atoms with Crippen molar-refractivity contribution in [3.63, 3.8) is 0 Å². The first-order valence-corrected chi connectivity index (χ1v) is 6.13. The van der Waals surface area contributed by atoms with Crippen LogP contribution in [0.4, 0.5) is 0 Å². The van der Waals surface area contributed by atoms with Gasteiger partial charge in [0.15, 0.2) is 5.92 Å². The third-order valence-corrected chi connectivity index (χ3v) is 2.48. The third kappa shape index (κ3) is 4.24. The fourth-order valence-electron chi connectivity index (χ4n) is 1.62. The summed E-state index contributed by atoms with van der Waals surface area (Å²) in [5.74, 6) is -1.86. The average molecular weight is 253 g/mol. The molecule has 0 saturated carbocycles. The van der Waals surface area contributed by atoms with Gasteiger partial charge < -0.3 is 14.0 Å². The Balaban J connectivity index is 2.59. The number of carbonyl (C=O) groups excluding carboxylic acids is 2. The van der Waals surface area contributed by atoms with Gasteiger partial charge in [0.25, 0.3) is 0 Å². The van der Waals surface area contributed by atoms with E-state index < -0.39 is 17.9 Å². The summed E-state index contributed by atoms with van der Waals surface area (Å²) >= 11 is 0. The van der Waals surface area contributed by atoms with Crippen molar-refractivity contribution < 1.29 is 19.1 Å². The van der Waals surface area contributed by atoms with Crippen LogP contribution in [0.1, 0.15) is 20.3 Å². The van der Waals surface area contributed by atoms with Crippen molar-refractivity contribution in [2.75, 3.05) is 13.2 Å². The fraction of sp³-hybridized carbons (Fsp3) is 0.538. The van der Waals surface area contributed by atoms with Crippen molar-refractivity contribution in [1.82, 2.24) is 4.57 Å². The number of ether oxygens (including phenoxy) is 2. The van der Waals surface area contributed by atoms with Crippen LogP contribution in [0.15, 0.2) is 24.5 Å². The molecule has 0 amide bonds. The van der Waals surface area contributed by atoms with Crippen LogP contribution in [0, 0.1) is 5.92 Å². The maximum Gasteiger partial charge on any atom is 0.320 e. The Labute approximate surface area is 107 Å².